The van der Waals surface area contributed by atoms with Gasteiger partial charge in [-0.1, -0.05) is 32.4 Å². The molecule has 0 spiro atoms. The number of nitrogens with one attached hydrogen (secondary N) is 1. The summed E-state index contributed by atoms with van der Waals surface area (Å²) in [4.78, 5) is 23.0. The molecule has 0 radical (unpaired) electrons. The molecular formula is C13H15ClFNO3. The van der Waals surface area contributed by atoms with E-state index in [1.807, 2.05) is 0 Å². The zero-order valence-electron chi connectivity index (χ0n) is 10.8. The first-order valence-corrected chi connectivity index (χ1v) is 5.99. The van der Waals surface area contributed by atoms with Gasteiger partial charge in [0.1, 0.15) is 11.9 Å². The van der Waals surface area contributed by atoms with Crippen LogP contribution in [0.25, 0.3) is 0 Å². The Bertz CT molecular complexity index is 511. The van der Waals surface area contributed by atoms with Crippen LogP contribution in [-0.2, 0) is 4.79 Å². The number of carbonyl (C=O) groups excluding carboxylic acids is 1. The first kappa shape index (κ1) is 15.4. The highest BCUT2D eigenvalue weighted by Crippen LogP contribution is 2.21. The summed E-state index contributed by atoms with van der Waals surface area (Å²) in [6, 6.07) is 2.47. The van der Waals surface area contributed by atoms with E-state index in [9.17, 15) is 14.0 Å². The summed E-state index contributed by atoms with van der Waals surface area (Å²) in [6.07, 6.45) is 0. The number of carboxylic acids is 1. The molecule has 1 rings (SSSR count). The van der Waals surface area contributed by atoms with Crippen molar-refractivity contribution in [2.45, 2.75) is 26.8 Å². The molecular weight excluding hydrogens is 273 g/mol. The summed E-state index contributed by atoms with van der Waals surface area (Å²) >= 11 is 5.58. The molecule has 0 heterocycles. The van der Waals surface area contributed by atoms with Crippen LogP contribution in [0.1, 0.15) is 31.1 Å². The van der Waals surface area contributed by atoms with E-state index in [1.54, 1.807) is 20.8 Å². The van der Waals surface area contributed by atoms with E-state index in [4.69, 9.17) is 16.7 Å². The molecule has 0 bridgehead atoms. The van der Waals surface area contributed by atoms with Gasteiger partial charge in [0.2, 0.25) is 0 Å². The lowest BCUT2D eigenvalue weighted by Gasteiger charge is -2.27. The Morgan fingerprint density at radius 3 is 2.37 bits per heavy atom. The highest BCUT2D eigenvalue weighted by molar-refractivity contribution is 6.30. The molecule has 6 heteroatoms. The quantitative estimate of drug-likeness (QED) is 0.898. The van der Waals surface area contributed by atoms with Crippen LogP contribution in [0.4, 0.5) is 4.39 Å². The maximum absolute atomic E-state index is 13.6. The number of halogens is 2. The predicted molar refractivity (Wildman–Crippen MR) is 69.8 cm³/mol. The first-order valence-electron chi connectivity index (χ1n) is 5.61. The number of benzene rings is 1. The number of amides is 1. The molecule has 0 saturated carbocycles. The Labute approximate surface area is 115 Å². The fraction of sp³-hybridized carbons (Fsp3) is 0.385. The van der Waals surface area contributed by atoms with Crippen molar-refractivity contribution < 1.29 is 19.1 Å². The summed E-state index contributed by atoms with van der Waals surface area (Å²) in [7, 11) is 0. The van der Waals surface area contributed by atoms with Crippen molar-refractivity contribution in [3.8, 4) is 0 Å². The van der Waals surface area contributed by atoms with E-state index < -0.39 is 29.2 Å². The molecule has 0 aliphatic carbocycles. The molecule has 1 unspecified atom stereocenters. The summed E-state index contributed by atoms with van der Waals surface area (Å²) in [5.74, 6) is -2.74. The minimum atomic E-state index is -1.17. The minimum absolute atomic E-state index is 0.166. The maximum atomic E-state index is 13.6. The Morgan fingerprint density at radius 2 is 1.95 bits per heavy atom. The smallest absolute Gasteiger partial charge is 0.326 e. The first-order chi connectivity index (χ1) is 8.62. The van der Waals surface area contributed by atoms with Crippen LogP contribution in [0.5, 0.6) is 0 Å². The highest BCUT2D eigenvalue weighted by atomic mass is 35.5. The second-order valence-corrected chi connectivity index (χ2v) is 5.67. The Balaban J connectivity index is 2.98. The largest absolute Gasteiger partial charge is 0.480 e. The van der Waals surface area contributed by atoms with Crippen LogP contribution >= 0.6 is 11.6 Å². The summed E-state index contributed by atoms with van der Waals surface area (Å²) in [6.45, 7) is 5.01. The Hall–Kier alpha value is -1.62. The molecule has 0 fully saturated rings. The van der Waals surface area contributed by atoms with Gasteiger partial charge in [-0.2, -0.15) is 0 Å². The van der Waals surface area contributed by atoms with E-state index in [0.717, 1.165) is 6.07 Å². The molecule has 0 aliphatic rings. The van der Waals surface area contributed by atoms with Gasteiger partial charge in [0.25, 0.3) is 5.91 Å². The summed E-state index contributed by atoms with van der Waals surface area (Å²) in [5, 5.41) is 11.6. The number of aliphatic carboxylic acids is 1. The number of hydrogen-bond acceptors (Lipinski definition) is 2. The fourth-order valence-electron chi connectivity index (χ4n) is 1.53. The van der Waals surface area contributed by atoms with Gasteiger partial charge < -0.3 is 10.4 Å². The number of carbonyl (C=O) groups is 2. The van der Waals surface area contributed by atoms with Crippen molar-refractivity contribution in [1.82, 2.24) is 5.32 Å². The van der Waals surface area contributed by atoms with E-state index in [0.29, 0.717) is 0 Å². The van der Waals surface area contributed by atoms with Crippen LogP contribution in [0.15, 0.2) is 18.2 Å². The molecule has 2 N–H and O–H groups in total. The molecule has 1 aromatic rings. The van der Waals surface area contributed by atoms with Gasteiger partial charge in [-0.3, -0.25) is 4.79 Å². The maximum Gasteiger partial charge on any atom is 0.326 e. The second kappa shape index (κ2) is 5.57. The van der Waals surface area contributed by atoms with Crippen molar-refractivity contribution >= 4 is 23.5 Å². The van der Waals surface area contributed by atoms with Gasteiger partial charge in [-0.15, -0.1) is 0 Å². The predicted octanol–water partition coefficient (Wildman–Crippen LogP) is 2.71. The lowest BCUT2D eigenvalue weighted by molar-refractivity contribution is -0.142. The van der Waals surface area contributed by atoms with Crippen LogP contribution < -0.4 is 5.32 Å². The van der Waals surface area contributed by atoms with E-state index >= 15 is 0 Å². The lowest BCUT2D eigenvalue weighted by atomic mass is 9.86. The average molecular weight is 288 g/mol. The molecule has 1 aromatic carbocycles. The third-order valence-corrected chi connectivity index (χ3v) is 2.80. The number of rotatable bonds is 3. The molecule has 19 heavy (non-hydrogen) atoms. The Morgan fingerprint density at radius 1 is 1.37 bits per heavy atom. The molecule has 0 aliphatic heterocycles. The standard InChI is InChI=1S/C13H15ClFNO3/c1-13(2,3)10(12(18)19)16-11(17)8-5-4-7(14)6-9(8)15/h4-6,10H,1-3H3,(H,16,17)(H,18,19). The fourth-order valence-corrected chi connectivity index (χ4v) is 1.69. The van der Waals surface area contributed by atoms with Gasteiger partial charge in [-0.25, -0.2) is 9.18 Å². The van der Waals surface area contributed by atoms with Crippen molar-refractivity contribution in [1.29, 1.82) is 0 Å². The zero-order chi connectivity index (χ0) is 14.8. The van der Waals surface area contributed by atoms with Gasteiger partial charge in [0, 0.05) is 5.02 Å². The topological polar surface area (TPSA) is 66.4 Å². The van der Waals surface area contributed by atoms with Crippen molar-refractivity contribution in [2.75, 3.05) is 0 Å². The normalized spacial score (nSPS) is 12.9. The number of hydrogen-bond donors (Lipinski definition) is 2. The Kier molecular flexibility index (Phi) is 4.52. The van der Waals surface area contributed by atoms with Crippen molar-refractivity contribution in [3.05, 3.63) is 34.6 Å². The minimum Gasteiger partial charge on any atom is -0.480 e. The monoisotopic (exact) mass is 287 g/mol. The van der Waals surface area contributed by atoms with Crippen molar-refractivity contribution in [2.24, 2.45) is 5.41 Å². The van der Waals surface area contributed by atoms with Crippen LogP contribution in [-0.4, -0.2) is 23.0 Å². The highest BCUT2D eigenvalue weighted by Gasteiger charge is 2.33. The van der Waals surface area contributed by atoms with E-state index in [2.05, 4.69) is 5.32 Å². The molecule has 4 nitrogen and oxygen atoms in total. The van der Waals surface area contributed by atoms with E-state index in [-0.39, 0.29) is 10.6 Å². The zero-order valence-corrected chi connectivity index (χ0v) is 11.6. The third-order valence-electron chi connectivity index (χ3n) is 2.56. The van der Waals surface area contributed by atoms with Crippen LogP contribution in [0.2, 0.25) is 5.02 Å². The van der Waals surface area contributed by atoms with E-state index in [1.165, 1.54) is 12.1 Å². The van der Waals surface area contributed by atoms with Crippen molar-refractivity contribution in [3.63, 3.8) is 0 Å². The van der Waals surface area contributed by atoms with Gasteiger partial charge in [-0.05, 0) is 23.6 Å². The summed E-state index contributed by atoms with van der Waals surface area (Å²) in [5.41, 5.74) is -0.926. The molecule has 104 valence electrons. The van der Waals surface area contributed by atoms with Crippen LogP contribution in [0, 0.1) is 11.2 Å². The second-order valence-electron chi connectivity index (χ2n) is 5.23. The molecule has 1 amide bonds. The van der Waals surface area contributed by atoms with Gasteiger partial charge in [0.05, 0.1) is 5.56 Å². The van der Waals surface area contributed by atoms with Crippen LogP contribution in [0.3, 0.4) is 0 Å². The summed E-state index contributed by atoms with van der Waals surface area (Å²) < 4.78 is 13.6. The SMILES string of the molecule is CC(C)(C)C(NC(=O)c1ccc(Cl)cc1F)C(=O)O. The molecule has 0 aromatic heterocycles. The van der Waals surface area contributed by atoms with Gasteiger partial charge in [0.15, 0.2) is 0 Å². The lowest BCUT2D eigenvalue weighted by Crippen LogP contribution is -2.49. The molecule has 0 saturated heterocycles. The third kappa shape index (κ3) is 3.92. The molecule has 1 atom stereocenters. The van der Waals surface area contributed by atoms with Gasteiger partial charge >= 0.3 is 5.97 Å². The number of carboxylic acid groups (broad SMARTS) is 1. The average Bonchev–Trinajstić information content (AvgIpc) is 2.23.